The summed E-state index contributed by atoms with van der Waals surface area (Å²) in [7, 11) is 0. The van der Waals surface area contributed by atoms with Gasteiger partial charge in [-0.1, -0.05) is 18.2 Å². The minimum absolute atomic E-state index is 0.174. The molecule has 4 nitrogen and oxygen atoms in total. The number of nitrogens with zero attached hydrogens (tertiary/aromatic N) is 2. The Bertz CT molecular complexity index is 822. The lowest BCUT2D eigenvalue weighted by molar-refractivity contribution is -0.137. The van der Waals surface area contributed by atoms with Gasteiger partial charge in [0, 0.05) is 13.1 Å². The third-order valence-electron chi connectivity index (χ3n) is 3.70. The zero-order valence-corrected chi connectivity index (χ0v) is 14.4. The molecule has 140 valence electrons. The second kappa shape index (κ2) is 8.90. The van der Waals surface area contributed by atoms with Gasteiger partial charge in [0.1, 0.15) is 5.75 Å². The van der Waals surface area contributed by atoms with Gasteiger partial charge in [0.15, 0.2) is 6.61 Å². The van der Waals surface area contributed by atoms with Crippen molar-refractivity contribution in [3.05, 3.63) is 77.9 Å². The molecule has 0 aromatic heterocycles. The van der Waals surface area contributed by atoms with E-state index >= 15 is 0 Å². The number of benzene rings is 2. The minimum atomic E-state index is -4.42. The number of carbonyl (C=O) groups is 1. The van der Waals surface area contributed by atoms with Crippen molar-refractivity contribution in [2.45, 2.75) is 12.7 Å². The van der Waals surface area contributed by atoms with Crippen molar-refractivity contribution in [1.82, 2.24) is 4.90 Å². The predicted octanol–water partition coefficient (Wildman–Crippen LogP) is 4.17. The normalized spacial score (nSPS) is 10.7. The number of hydrogen-bond acceptors (Lipinski definition) is 3. The third-order valence-corrected chi connectivity index (χ3v) is 3.70. The lowest BCUT2D eigenvalue weighted by Crippen LogP contribution is -2.34. The van der Waals surface area contributed by atoms with E-state index in [1.165, 1.54) is 17.0 Å². The van der Waals surface area contributed by atoms with E-state index in [0.717, 1.165) is 17.7 Å². The summed E-state index contributed by atoms with van der Waals surface area (Å²) >= 11 is 0. The maximum absolute atomic E-state index is 12.6. The summed E-state index contributed by atoms with van der Waals surface area (Å²) in [5, 5.41) is 8.82. The lowest BCUT2D eigenvalue weighted by Gasteiger charge is -2.21. The van der Waals surface area contributed by atoms with Crippen LogP contribution in [0.25, 0.3) is 0 Å². The number of amides is 1. The van der Waals surface area contributed by atoms with Crippen molar-refractivity contribution in [1.29, 1.82) is 5.26 Å². The first kappa shape index (κ1) is 20.0. The van der Waals surface area contributed by atoms with Crippen LogP contribution in [0.2, 0.25) is 0 Å². The number of ether oxygens (including phenoxy) is 1. The molecule has 0 heterocycles. The van der Waals surface area contributed by atoms with Crippen molar-refractivity contribution >= 4 is 5.91 Å². The average Bonchev–Trinajstić information content (AvgIpc) is 2.66. The standard InChI is InChI=1S/C20H17F3N2O2/c1-2-11-25(13-16-5-3-15(12-24)4-6-16)19(26)14-27-18-9-7-17(8-10-18)20(21,22)23/h2-10H,1,11,13-14H2. The van der Waals surface area contributed by atoms with E-state index in [2.05, 4.69) is 6.58 Å². The van der Waals surface area contributed by atoms with E-state index < -0.39 is 11.7 Å². The van der Waals surface area contributed by atoms with Crippen molar-refractivity contribution < 1.29 is 22.7 Å². The first-order valence-electron chi connectivity index (χ1n) is 8.01. The van der Waals surface area contributed by atoms with Crippen LogP contribution in [0.5, 0.6) is 5.75 Å². The highest BCUT2D eigenvalue weighted by molar-refractivity contribution is 5.78. The van der Waals surface area contributed by atoms with Crippen LogP contribution in [-0.2, 0) is 17.5 Å². The van der Waals surface area contributed by atoms with Gasteiger partial charge in [-0.15, -0.1) is 6.58 Å². The molecule has 27 heavy (non-hydrogen) atoms. The fourth-order valence-corrected chi connectivity index (χ4v) is 2.29. The molecule has 2 aromatic carbocycles. The first-order chi connectivity index (χ1) is 12.8. The predicted molar refractivity (Wildman–Crippen MR) is 93.7 cm³/mol. The first-order valence-corrected chi connectivity index (χ1v) is 8.01. The zero-order chi connectivity index (χ0) is 19.9. The van der Waals surface area contributed by atoms with E-state index in [1.54, 1.807) is 30.3 Å². The van der Waals surface area contributed by atoms with Crippen LogP contribution in [0.15, 0.2) is 61.2 Å². The molecule has 0 aliphatic rings. The highest BCUT2D eigenvalue weighted by atomic mass is 19.4. The molecule has 7 heteroatoms. The highest BCUT2D eigenvalue weighted by Gasteiger charge is 2.30. The molecule has 2 aromatic rings. The maximum atomic E-state index is 12.6. The average molecular weight is 374 g/mol. The Morgan fingerprint density at radius 2 is 1.78 bits per heavy atom. The molecule has 1 amide bonds. The van der Waals surface area contributed by atoms with Gasteiger partial charge in [-0.3, -0.25) is 4.79 Å². The van der Waals surface area contributed by atoms with Gasteiger partial charge in [0.25, 0.3) is 5.91 Å². The Kier molecular flexibility index (Phi) is 6.61. The summed E-state index contributed by atoms with van der Waals surface area (Å²) in [4.78, 5) is 13.9. The van der Waals surface area contributed by atoms with Gasteiger partial charge in [-0.05, 0) is 42.0 Å². The van der Waals surface area contributed by atoms with Gasteiger partial charge in [0.05, 0.1) is 17.2 Å². The summed E-state index contributed by atoms with van der Waals surface area (Å²) in [6, 6.07) is 13.0. The smallest absolute Gasteiger partial charge is 0.416 e. The number of halogens is 3. The third kappa shape index (κ3) is 5.89. The molecule has 2 rings (SSSR count). The monoisotopic (exact) mass is 374 g/mol. The summed E-state index contributed by atoms with van der Waals surface area (Å²) < 4.78 is 43.0. The highest BCUT2D eigenvalue weighted by Crippen LogP contribution is 2.30. The van der Waals surface area contributed by atoms with Crippen LogP contribution in [0.1, 0.15) is 16.7 Å². The van der Waals surface area contributed by atoms with Crippen molar-refractivity contribution in [3.63, 3.8) is 0 Å². The summed E-state index contributed by atoms with van der Waals surface area (Å²) in [6.07, 6.45) is -2.85. The Morgan fingerprint density at radius 3 is 2.30 bits per heavy atom. The van der Waals surface area contributed by atoms with Crippen LogP contribution in [-0.4, -0.2) is 24.0 Å². The molecule has 0 aliphatic carbocycles. The van der Waals surface area contributed by atoms with E-state index in [9.17, 15) is 18.0 Å². The summed E-state index contributed by atoms with van der Waals surface area (Å²) in [6.45, 7) is 3.89. The molecule has 0 atom stereocenters. The van der Waals surface area contributed by atoms with Crippen molar-refractivity contribution in [2.24, 2.45) is 0 Å². The molecule has 0 bridgehead atoms. The molecule has 0 saturated carbocycles. The molecular formula is C20H17F3N2O2. The van der Waals surface area contributed by atoms with Crippen molar-refractivity contribution in [2.75, 3.05) is 13.2 Å². The molecule has 0 radical (unpaired) electrons. The molecule has 0 saturated heterocycles. The Labute approximate surface area is 155 Å². The van der Waals surface area contributed by atoms with Crippen LogP contribution in [0, 0.1) is 11.3 Å². The lowest BCUT2D eigenvalue weighted by atomic mass is 10.1. The topological polar surface area (TPSA) is 53.3 Å². The number of hydrogen-bond donors (Lipinski definition) is 0. The van der Waals surface area contributed by atoms with Gasteiger partial charge in [-0.2, -0.15) is 18.4 Å². The Balaban J connectivity index is 1.97. The molecule has 0 unspecified atom stereocenters. The van der Waals surface area contributed by atoms with Gasteiger partial charge >= 0.3 is 6.18 Å². The molecular weight excluding hydrogens is 357 g/mol. The van der Waals surface area contributed by atoms with Gasteiger partial charge < -0.3 is 9.64 Å². The number of rotatable bonds is 7. The minimum Gasteiger partial charge on any atom is -0.484 e. The molecule has 0 aliphatic heterocycles. The number of carbonyl (C=O) groups excluding carboxylic acids is 1. The quantitative estimate of drug-likeness (QED) is 0.684. The fourth-order valence-electron chi connectivity index (χ4n) is 2.29. The number of nitriles is 1. The SMILES string of the molecule is C=CCN(Cc1ccc(C#N)cc1)C(=O)COc1ccc(C(F)(F)F)cc1. The molecule has 0 fully saturated rings. The van der Waals surface area contributed by atoms with Crippen LogP contribution in [0.4, 0.5) is 13.2 Å². The Hall–Kier alpha value is -3.27. The van der Waals surface area contributed by atoms with Gasteiger partial charge in [-0.25, -0.2) is 0 Å². The van der Waals surface area contributed by atoms with E-state index in [-0.39, 0.29) is 24.8 Å². The second-order valence-electron chi connectivity index (χ2n) is 5.68. The fraction of sp³-hybridized carbons (Fsp3) is 0.200. The summed E-state index contributed by atoms with van der Waals surface area (Å²) in [5.41, 5.74) is 0.569. The Morgan fingerprint density at radius 1 is 1.15 bits per heavy atom. The van der Waals surface area contributed by atoms with Crippen LogP contribution in [0.3, 0.4) is 0 Å². The van der Waals surface area contributed by atoms with Gasteiger partial charge in [0.2, 0.25) is 0 Å². The molecule has 0 N–H and O–H groups in total. The van der Waals surface area contributed by atoms with Crippen molar-refractivity contribution in [3.8, 4) is 11.8 Å². The van der Waals surface area contributed by atoms with E-state index in [4.69, 9.17) is 10.00 Å². The van der Waals surface area contributed by atoms with Crippen LogP contribution >= 0.6 is 0 Å². The molecule has 0 spiro atoms. The van der Waals surface area contributed by atoms with Crippen LogP contribution < -0.4 is 4.74 Å². The van der Waals surface area contributed by atoms with E-state index in [0.29, 0.717) is 12.1 Å². The largest absolute Gasteiger partial charge is 0.484 e. The van der Waals surface area contributed by atoms with E-state index in [1.807, 2.05) is 6.07 Å². The zero-order valence-electron chi connectivity index (χ0n) is 14.4. The number of alkyl halides is 3. The second-order valence-corrected chi connectivity index (χ2v) is 5.68. The summed E-state index contributed by atoms with van der Waals surface area (Å²) in [5.74, 6) is -0.160. The maximum Gasteiger partial charge on any atom is 0.416 e.